The third-order valence-corrected chi connectivity index (χ3v) is 7.55. The Morgan fingerprint density at radius 1 is 1.09 bits per heavy atom. The Bertz CT molecular complexity index is 1280. The number of primary sulfonamides is 1. The summed E-state index contributed by atoms with van der Waals surface area (Å²) in [6, 6.07) is 11.5. The number of carbonyl (C=O) groups excluding carboxylic acids is 3. The number of sulfonamides is 1. The molecule has 9 heteroatoms. The van der Waals surface area contributed by atoms with E-state index in [4.69, 9.17) is 5.14 Å². The maximum atomic E-state index is 13.6. The number of carbonyl (C=O) groups is 3. The molecule has 1 unspecified atom stereocenters. The lowest BCUT2D eigenvalue weighted by molar-refractivity contribution is -0.122. The monoisotopic (exact) mass is 495 g/mol. The van der Waals surface area contributed by atoms with E-state index in [1.165, 1.54) is 34.7 Å². The Labute approximate surface area is 205 Å². The van der Waals surface area contributed by atoms with Gasteiger partial charge in [-0.15, -0.1) is 0 Å². The van der Waals surface area contributed by atoms with Crippen molar-refractivity contribution in [3.05, 3.63) is 71.3 Å². The molecule has 0 saturated carbocycles. The van der Waals surface area contributed by atoms with Crippen molar-refractivity contribution in [2.45, 2.75) is 56.4 Å². The van der Waals surface area contributed by atoms with Gasteiger partial charge in [0.2, 0.25) is 15.9 Å². The van der Waals surface area contributed by atoms with Crippen molar-refractivity contribution in [1.29, 1.82) is 0 Å². The summed E-state index contributed by atoms with van der Waals surface area (Å²) >= 11 is 0. The van der Waals surface area contributed by atoms with Crippen molar-refractivity contribution in [3.8, 4) is 0 Å². The lowest BCUT2D eigenvalue weighted by Crippen LogP contribution is -2.46. The van der Waals surface area contributed by atoms with Crippen molar-refractivity contribution in [1.82, 2.24) is 4.90 Å². The maximum absolute atomic E-state index is 13.6. The second kappa shape index (κ2) is 10.1. The zero-order valence-corrected chi connectivity index (χ0v) is 20.5. The quantitative estimate of drug-likeness (QED) is 0.467. The summed E-state index contributed by atoms with van der Waals surface area (Å²) in [5.74, 6) is -1.22. The van der Waals surface area contributed by atoms with Crippen LogP contribution in [0, 0.1) is 6.92 Å². The molecule has 2 aliphatic rings. The topological polar surface area (TPSA) is 118 Å². The number of imide groups is 1. The number of aryl methyl sites for hydroxylation is 1. The molecule has 8 nitrogen and oxygen atoms in total. The molecule has 3 amide bonds. The molecule has 2 aromatic carbocycles. The SMILES string of the molecule is Cc1ccccc1C(=O)N(CCC1=CCCCC1)C1CC(=O)N(c2ccc(S(N)(=O)=O)cc2)C1=O. The summed E-state index contributed by atoms with van der Waals surface area (Å²) in [7, 11) is -3.91. The van der Waals surface area contributed by atoms with E-state index in [2.05, 4.69) is 6.08 Å². The molecule has 1 fully saturated rings. The zero-order valence-electron chi connectivity index (χ0n) is 19.6. The first-order valence-corrected chi connectivity index (χ1v) is 13.3. The minimum absolute atomic E-state index is 0.117. The Kier molecular flexibility index (Phi) is 7.18. The van der Waals surface area contributed by atoms with E-state index in [1.54, 1.807) is 12.1 Å². The van der Waals surface area contributed by atoms with Gasteiger partial charge in [-0.3, -0.25) is 14.4 Å². The smallest absolute Gasteiger partial charge is 0.257 e. The van der Waals surface area contributed by atoms with Crippen LogP contribution >= 0.6 is 0 Å². The average molecular weight is 496 g/mol. The van der Waals surface area contributed by atoms with Crippen LogP contribution in [0.5, 0.6) is 0 Å². The highest BCUT2D eigenvalue weighted by Crippen LogP contribution is 2.29. The Morgan fingerprint density at radius 2 is 1.80 bits per heavy atom. The van der Waals surface area contributed by atoms with Crippen LogP contribution in [0.2, 0.25) is 0 Å². The van der Waals surface area contributed by atoms with E-state index >= 15 is 0 Å². The molecule has 35 heavy (non-hydrogen) atoms. The Hall–Kier alpha value is -3.30. The molecule has 184 valence electrons. The van der Waals surface area contributed by atoms with Crippen LogP contribution in [-0.2, 0) is 19.6 Å². The molecule has 1 aliphatic carbocycles. The minimum Gasteiger partial charge on any atom is -0.326 e. The van der Waals surface area contributed by atoms with Crippen molar-refractivity contribution < 1.29 is 22.8 Å². The van der Waals surface area contributed by atoms with Crippen LogP contribution < -0.4 is 10.0 Å². The molecule has 1 atom stereocenters. The number of anilines is 1. The molecule has 0 radical (unpaired) electrons. The normalized spacial score (nSPS) is 18.5. The molecular weight excluding hydrogens is 466 g/mol. The highest BCUT2D eigenvalue weighted by Gasteiger charge is 2.44. The number of hydrogen-bond acceptors (Lipinski definition) is 5. The van der Waals surface area contributed by atoms with E-state index in [9.17, 15) is 22.8 Å². The van der Waals surface area contributed by atoms with Gasteiger partial charge < -0.3 is 4.90 Å². The van der Waals surface area contributed by atoms with Gasteiger partial charge in [0, 0.05) is 12.1 Å². The Morgan fingerprint density at radius 3 is 2.43 bits per heavy atom. The van der Waals surface area contributed by atoms with Gasteiger partial charge in [-0.2, -0.15) is 0 Å². The van der Waals surface area contributed by atoms with Crippen molar-refractivity contribution in [3.63, 3.8) is 0 Å². The maximum Gasteiger partial charge on any atom is 0.257 e. The van der Waals surface area contributed by atoms with Gasteiger partial charge in [-0.25, -0.2) is 18.5 Å². The molecular formula is C26H29N3O5S. The molecule has 0 spiro atoms. The molecule has 1 saturated heterocycles. The van der Waals surface area contributed by atoms with Gasteiger partial charge in [0.1, 0.15) is 6.04 Å². The third kappa shape index (κ3) is 5.36. The molecule has 2 aromatic rings. The second-order valence-electron chi connectivity index (χ2n) is 9.00. The number of rotatable bonds is 7. The summed E-state index contributed by atoms with van der Waals surface area (Å²) < 4.78 is 23.1. The van der Waals surface area contributed by atoms with Crippen LogP contribution in [-0.4, -0.2) is 43.6 Å². The lowest BCUT2D eigenvalue weighted by atomic mass is 9.96. The standard InChI is InChI=1S/C26H29N3O5S/c1-18-7-5-6-10-22(18)25(31)28(16-15-19-8-3-2-4-9-19)23-17-24(30)29(26(23)32)20-11-13-21(14-12-20)35(27,33)34/h5-8,10-14,23H,2-4,9,15-17H2,1H3,(H2,27,33,34). The fourth-order valence-electron chi connectivity index (χ4n) is 4.68. The number of benzene rings is 2. The van der Waals surface area contributed by atoms with Crippen molar-refractivity contribution in [2.75, 3.05) is 11.4 Å². The summed E-state index contributed by atoms with van der Waals surface area (Å²) in [6.07, 6.45) is 6.99. The number of amides is 3. The highest BCUT2D eigenvalue weighted by molar-refractivity contribution is 7.89. The minimum atomic E-state index is -3.91. The van der Waals surface area contributed by atoms with E-state index < -0.39 is 27.9 Å². The highest BCUT2D eigenvalue weighted by atomic mass is 32.2. The van der Waals surface area contributed by atoms with E-state index in [0.717, 1.165) is 36.1 Å². The van der Waals surface area contributed by atoms with Crippen molar-refractivity contribution in [2.24, 2.45) is 5.14 Å². The summed E-state index contributed by atoms with van der Waals surface area (Å²) in [5, 5.41) is 5.15. The van der Waals surface area contributed by atoms with Crippen LogP contribution in [0.1, 0.15) is 54.4 Å². The van der Waals surface area contributed by atoms with Gasteiger partial charge in [0.25, 0.3) is 11.8 Å². The predicted molar refractivity (Wildman–Crippen MR) is 132 cm³/mol. The van der Waals surface area contributed by atoms with Crippen LogP contribution in [0.3, 0.4) is 0 Å². The van der Waals surface area contributed by atoms with Gasteiger partial charge >= 0.3 is 0 Å². The van der Waals surface area contributed by atoms with Gasteiger partial charge in [-0.05, 0) is 74.9 Å². The second-order valence-corrected chi connectivity index (χ2v) is 10.6. The Balaban J connectivity index is 1.62. The number of nitrogens with two attached hydrogens (primary N) is 1. The number of nitrogens with zero attached hydrogens (tertiary/aromatic N) is 2. The first kappa shape index (κ1) is 24.8. The number of allylic oxidation sites excluding steroid dienone is 1. The summed E-state index contributed by atoms with van der Waals surface area (Å²) in [6.45, 7) is 2.18. The first-order chi connectivity index (χ1) is 16.7. The molecule has 2 N–H and O–H groups in total. The van der Waals surface area contributed by atoms with Gasteiger partial charge in [-0.1, -0.05) is 29.8 Å². The largest absolute Gasteiger partial charge is 0.326 e. The summed E-state index contributed by atoms with van der Waals surface area (Å²) in [4.78, 5) is 42.4. The molecule has 0 bridgehead atoms. The predicted octanol–water partition coefficient (Wildman–Crippen LogP) is 3.31. The van der Waals surface area contributed by atoms with E-state index in [-0.39, 0.29) is 22.9 Å². The zero-order chi connectivity index (χ0) is 25.2. The molecule has 4 rings (SSSR count). The first-order valence-electron chi connectivity index (χ1n) is 11.7. The van der Waals surface area contributed by atoms with Crippen LogP contribution in [0.4, 0.5) is 5.69 Å². The molecule has 1 heterocycles. The lowest BCUT2D eigenvalue weighted by Gasteiger charge is -2.29. The molecule has 0 aromatic heterocycles. The molecule has 1 aliphatic heterocycles. The van der Waals surface area contributed by atoms with Crippen LogP contribution in [0.25, 0.3) is 0 Å². The fraction of sp³-hybridized carbons (Fsp3) is 0.346. The van der Waals surface area contributed by atoms with Crippen LogP contribution in [0.15, 0.2) is 65.1 Å². The fourth-order valence-corrected chi connectivity index (χ4v) is 5.19. The van der Waals surface area contributed by atoms with Gasteiger partial charge in [0.15, 0.2) is 0 Å². The van der Waals surface area contributed by atoms with E-state index in [0.29, 0.717) is 18.5 Å². The average Bonchev–Trinajstić information content (AvgIpc) is 3.13. The van der Waals surface area contributed by atoms with Crippen molar-refractivity contribution >= 4 is 33.4 Å². The van der Waals surface area contributed by atoms with E-state index in [1.807, 2.05) is 19.1 Å². The summed E-state index contributed by atoms with van der Waals surface area (Å²) in [5.41, 5.74) is 2.81. The number of hydrogen-bond donors (Lipinski definition) is 1. The van der Waals surface area contributed by atoms with Gasteiger partial charge in [0.05, 0.1) is 17.0 Å². The third-order valence-electron chi connectivity index (χ3n) is 6.62.